The number of benzene rings is 2. The average molecular weight is 711 g/mol. The van der Waals surface area contributed by atoms with Crippen molar-refractivity contribution in [2.75, 3.05) is 0 Å². The van der Waals surface area contributed by atoms with Crippen LogP contribution in [0.25, 0.3) is 22.5 Å². The van der Waals surface area contributed by atoms with E-state index in [9.17, 15) is 0 Å². The first kappa shape index (κ1) is 38.0. The summed E-state index contributed by atoms with van der Waals surface area (Å²) in [6.07, 6.45) is 13.2. The maximum atomic E-state index is 2.70. The first-order valence-electron chi connectivity index (χ1n) is 21.2. The van der Waals surface area contributed by atoms with E-state index >= 15 is 0 Å². The molecule has 0 fully saturated rings. The molecule has 0 bridgehead atoms. The Balaban J connectivity index is 1.40. The van der Waals surface area contributed by atoms with Crippen LogP contribution in [0.15, 0.2) is 67.0 Å². The quantitative estimate of drug-likeness (QED) is 0.153. The molecule has 0 amide bonds. The molecule has 4 aromatic rings. The zero-order valence-corrected chi connectivity index (χ0v) is 36.0. The second-order valence-corrected chi connectivity index (χ2v) is 20.4. The van der Waals surface area contributed by atoms with E-state index in [2.05, 4.69) is 173 Å². The van der Waals surface area contributed by atoms with Gasteiger partial charge in [-0.25, -0.2) is 0 Å². The Kier molecular flexibility index (Phi) is 9.07. The van der Waals surface area contributed by atoms with Crippen molar-refractivity contribution in [3.8, 4) is 22.5 Å². The van der Waals surface area contributed by atoms with Gasteiger partial charge in [-0.15, -0.1) is 0 Å². The monoisotopic (exact) mass is 711 g/mol. The minimum Gasteiger partial charge on any atom is -0.198 e. The molecule has 1 atom stereocenters. The fourth-order valence-corrected chi connectivity index (χ4v) is 11.8. The third-order valence-electron chi connectivity index (χ3n) is 16.1. The van der Waals surface area contributed by atoms with Gasteiger partial charge in [0.15, 0.2) is 25.0 Å². The molecule has 1 unspecified atom stereocenters. The van der Waals surface area contributed by atoms with Crippen LogP contribution in [-0.2, 0) is 40.0 Å². The topological polar surface area (TPSA) is 7.76 Å². The van der Waals surface area contributed by atoms with E-state index in [1.54, 1.807) is 5.56 Å². The minimum atomic E-state index is 0.0603. The van der Waals surface area contributed by atoms with Crippen LogP contribution in [0.4, 0.5) is 0 Å². The summed E-state index contributed by atoms with van der Waals surface area (Å²) in [5, 5.41) is 0. The Bertz CT molecular complexity index is 2060. The van der Waals surface area contributed by atoms with E-state index in [-0.39, 0.29) is 32.5 Å². The summed E-state index contributed by atoms with van der Waals surface area (Å²) >= 11 is 0. The molecule has 282 valence electrons. The van der Waals surface area contributed by atoms with Crippen LogP contribution in [0, 0.1) is 12.3 Å². The fraction of sp³-hybridized carbons (Fsp3) is 0.569. The van der Waals surface area contributed by atoms with Crippen molar-refractivity contribution in [3.05, 3.63) is 106 Å². The Morgan fingerprint density at radius 1 is 0.660 bits per heavy atom. The summed E-state index contributed by atoms with van der Waals surface area (Å²) in [5.41, 5.74) is 16.8. The Labute approximate surface area is 323 Å². The molecule has 2 aromatic carbocycles. The van der Waals surface area contributed by atoms with E-state index in [4.69, 9.17) is 0 Å². The summed E-state index contributed by atoms with van der Waals surface area (Å²) in [5.74, 6) is 0. The van der Waals surface area contributed by atoms with Gasteiger partial charge >= 0.3 is 0 Å². The number of hydrogen-bond acceptors (Lipinski definition) is 0. The maximum absolute atomic E-state index is 2.70. The highest BCUT2D eigenvalue weighted by Gasteiger charge is 2.57. The van der Waals surface area contributed by atoms with Crippen LogP contribution in [0.2, 0.25) is 0 Å². The first-order chi connectivity index (χ1) is 24.8. The van der Waals surface area contributed by atoms with Crippen molar-refractivity contribution in [1.29, 1.82) is 0 Å². The molecule has 2 aliphatic carbocycles. The highest BCUT2D eigenvalue weighted by atomic mass is 15.1. The zero-order valence-electron chi connectivity index (χ0n) is 36.0. The minimum absolute atomic E-state index is 0.0603. The molecule has 1 aliphatic heterocycles. The third-order valence-corrected chi connectivity index (χ3v) is 16.1. The summed E-state index contributed by atoms with van der Waals surface area (Å²) in [6, 6.07) is 22.5. The smallest absolute Gasteiger partial charge is 0.198 e. The van der Waals surface area contributed by atoms with Crippen LogP contribution < -0.4 is 9.13 Å². The number of hydrogen-bond donors (Lipinski definition) is 0. The molecule has 3 heterocycles. The SMILES string of the molecule is CCCCc1cc[n+]2c(c1)-c1ccccc1C(CC)(CC)C2CC[n+]1cc2c(cc1-c1cc3c(cc1C)C(C)(C)C(C)(C)C3(C)C)C(C)(C)CC2(C)C. The highest BCUT2D eigenvalue weighted by molar-refractivity contribution is 5.69. The molecule has 0 radical (unpaired) electrons. The van der Waals surface area contributed by atoms with Gasteiger partial charge in [-0.3, -0.25) is 0 Å². The van der Waals surface area contributed by atoms with Crippen molar-refractivity contribution < 1.29 is 9.13 Å². The number of fused-ring (bicyclic) bond motifs is 5. The van der Waals surface area contributed by atoms with Gasteiger partial charge in [0.25, 0.3) is 0 Å². The van der Waals surface area contributed by atoms with Crippen LogP contribution in [-0.4, -0.2) is 0 Å². The molecule has 0 saturated heterocycles. The van der Waals surface area contributed by atoms with Gasteiger partial charge in [-0.1, -0.05) is 121 Å². The van der Waals surface area contributed by atoms with Gasteiger partial charge in [0, 0.05) is 29.3 Å². The van der Waals surface area contributed by atoms with Crippen LogP contribution >= 0.6 is 0 Å². The molecule has 53 heavy (non-hydrogen) atoms. The van der Waals surface area contributed by atoms with Gasteiger partial charge < -0.3 is 0 Å². The van der Waals surface area contributed by atoms with E-state index < -0.39 is 0 Å². The molecule has 2 heteroatoms. The second kappa shape index (κ2) is 12.6. The number of unbranched alkanes of at least 4 members (excludes halogenated alkanes) is 1. The van der Waals surface area contributed by atoms with E-state index in [1.807, 2.05) is 0 Å². The molecule has 0 saturated carbocycles. The number of pyridine rings is 2. The molecule has 0 spiro atoms. The summed E-state index contributed by atoms with van der Waals surface area (Å²) in [7, 11) is 0. The molecular weight excluding hydrogens is 641 g/mol. The predicted octanol–water partition coefficient (Wildman–Crippen LogP) is 12.5. The number of nitrogens with zero attached hydrogens (tertiary/aromatic N) is 2. The van der Waals surface area contributed by atoms with Crippen molar-refractivity contribution in [1.82, 2.24) is 0 Å². The molecule has 2 aromatic heterocycles. The van der Waals surface area contributed by atoms with E-state index in [0.29, 0.717) is 6.04 Å². The molecule has 0 N–H and O–H groups in total. The lowest BCUT2D eigenvalue weighted by Crippen LogP contribution is -2.57. The third kappa shape index (κ3) is 5.45. The molecule has 2 nitrogen and oxygen atoms in total. The largest absolute Gasteiger partial charge is 0.213 e. The lowest BCUT2D eigenvalue weighted by Gasteiger charge is -2.44. The Morgan fingerprint density at radius 3 is 1.96 bits per heavy atom. The Hall–Kier alpha value is -3.26. The normalized spacial score (nSPS) is 21.8. The Morgan fingerprint density at radius 2 is 1.30 bits per heavy atom. The van der Waals surface area contributed by atoms with Crippen molar-refractivity contribution in [2.24, 2.45) is 5.41 Å². The number of aromatic nitrogens is 2. The van der Waals surface area contributed by atoms with Gasteiger partial charge in [-0.2, -0.15) is 9.13 Å². The zero-order chi connectivity index (χ0) is 38.5. The van der Waals surface area contributed by atoms with Gasteiger partial charge in [0.1, 0.15) is 0 Å². The molecule has 7 rings (SSSR count). The number of rotatable bonds is 9. The lowest BCUT2D eigenvalue weighted by molar-refractivity contribution is -0.743. The molecular formula is C51H70N2+2. The van der Waals surface area contributed by atoms with Crippen LogP contribution in [0.5, 0.6) is 0 Å². The van der Waals surface area contributed by atoms with Gasteiger partial charge in [0.05, 0.1) is 17.4 Å². The fourth-order valence-electron chi connectivity index (χ4n) is 11.8. The lowest BCUT2D eigenvalue weighted by atomic mass is 9.59. The second-order valence-electron chi connectivity index (χ2n) is 20.4. The van der Waals surface area contributed by atoms with Gasteiger partial charge in [0.2, 0.25) is 11.4 Å². The summed E-state index contributed by atoms with van der Waals surface area (Å²) < 4.78 is 5.39. The standard InChI is InChI=1S/C51H70N2/c1-15-18-21-35-24-27-53-44(29-35)36-22-19-20-23-38(36)51(16-2,17-3)45(53)25-26-52-32-42-39(46(5,6)33-47(42,7)8)31-43(52)37-30-41-40(28-34(37)4)48(9,10)50(13,14)49(41,11)12/h19-20,22-24,27-32,45H,15-18,21,25-26,33H2,1-14H3/q+2. The predicted molar refractivity (Wildman–Crippen MR) is 224 cm³/mol. The van der Waals surface area contributed by atoms with Crippen molar-refractivity contribution in [3.63, 3.8) is 0 Å². The van der Waals surface area contributed by atoms with Crippen LogP contribution in [0.1, 0.15) is 174 Å². The van der Waals surface area contributed by atoms with Crippen molar-refractivity contribution in [2.45, 2.75) is 182 Å². The van der Waals surface area contributed by atoms with Gasteiger partial charge in [-0.05, 0) is 112 Å². The first-order valence-corrected chi connectivity index (χ1v) is 21.2. The maximum Gasteiger partial charge on any atom is 0.213 e. The summed E-state index contributed by atoms with van der Waals surface area (Å²) in [4.78, 5) is 0. The summed E-state index contributed by atoms with van der Waals surface area (Å²) in [6.45, 7) is 35.3. The van der Waals surface area contributed by atoms with Crippen LogP contribution in [0.3, 0.4) is 0 Å². The highest BCUT2D eigenvalue weighted by Crippen LogP contribution is 2.62. The molecule has 3 aliphatic rings. The van der Waals surface area contributed by atoms with E-state index in [0.717, 1.165) is 32.2 Å². The average Bonchev–Trinajstić information content (AvgIpc) is 3.35. The van der Waals surface area contributed by atoms with Crippen molar-refractivity contribution >= 4 is 0 Å². The van der Waals surface area contributed by atoms with E-state index in [1.165, 1.54) is 75.2 Å². The number of aryl methyl sites for hydroxylation is 3.